The lowest BCUT2D eigenvalue weighted by atomic mass is 9.98. The maximum Gasteiger partial charge on any atom is 0.255 e. The van der Waals surface area contributed by atoms with Gasteiger partial charge in [0.05, 0.1) is 5.56 Å². The average Bonchev–Trinajstić information content (AvgIpc) is 2.42. The van der Waals surface area contributed by atoms with Gasteiger partial charge in [-0.3, -0.25) is 4.79 Å². The van der Waals surface area contributed by atoms with Crippen LogP contribution in [0.1, 0.15) is 36.0 Å². The molecule has 1 N–H and O–H groups in total. The third kappa shape index (κ3) is 3.58. The number of hydrogen-bond acceptors (Lipinski definition) is 2. The fourth-order valence-corrected chi connectivity index (χ4v) is 3.31. The van der Waals surface area contributed by atoms with E-state index in [1.165, 1.54) is 0 Å². The van der Waals surface area contributed by atoms with Crippen molar-refractivity contribution in [2.45, 2.75) is 31.7 Å². The van der Waals surface area contributed by atoms with E-state index in [0.717, 1.165) is 34.8 Å². The summed E-state index contributed by atoms with van der Waals surface area (Å²) in [6.45, 7) is 0.913. The molecule has 1 aliphatic heterocycles. The van der Waals surface area contributed by atoms with Crippen molar-refractivity contribution in [2.75, 3.05) is 13.2 Å². The Morgan fingerprint density at radius 1 is 1.37 bits per heavy atom. The number of carbonyl (C=O) groups is 1. The van der Waals surface area contributed by atoms with Gasteiger partial charge in [-0.15, -0.1) is 0 Å². The van der Waals surface area contributed by atoms with E-state index in [-0.39, 0.29) is 18.6 Å². The quantitative estimate of drug-likeness (QED) is 0.856. The van der Waals surface area contributed by atoms with Crippen LogP contribution in [0.25, 0.3) is 0 Å². The zero-order valence-electron chi connectivity index (χ0n) is 10.6. The van der Waals surface area contributed by atoms with Crippen LogP contribution >= 0.6 is 31.9 Å². The number of hydrogen-bond donors (Lipinski definition) is 1. The van der Waals surface area contributed by atoms with Crippen molar-refractivity contribution in [3.05, 3.63) is 32.7 Å². The van der Waals surface area contributed by atoms with Crippen molar-refractivity contribution in [3.8, 4) is 0 Å². The van der Waals surface area contributed by atoms with Gasteiger partial charge in [0, 0.05) is 28.1 Å². The van der Waals surface area contributed by atoms with Crippen molar-refractivity contribution in [2.24, 2.45) is 0 Å². The van der Waals surface area contributed by atoms with Gasteiger partial charge < -0.3 is 10.0 Å². The Morgan fingerprint density at radius 2 is 2.16 bits per heavy atom. The van der Waals surface area contributed by atoms with Crippen LogP contribution in [-0.4, -0.2) is 35.1 Å². The molecular weight excluding hydrogens is 374 g/mol. The van der Waals surface area contributed by atoms with Gasteiger partial charge in [-0.1, -0.05) is 15.9 Å². The van der Waals surface area contributed by atoms with Crippen LogP contribution in [0.3, 0.4) is 0 Å². The zero-order chi connectivity index (χ0) is 13.8. The molecule has 1 aromatic carbocycles. The molecular formula is C14H17Br2NO2. The summed E-state index contributed by atoms with van der Waals surface area (Å²) in [6.07, 6.45) is 3.82. The number of piperidine rings is 1. The first-order valence-electron chi connectivity index (χ1n) is 6.50. The summed E-state index contributed by atoms with van der Waals surface area (Å²) in [5.41, 5.74) is 0.680. The van der Waals surface area contributed by atoms with Gasteiger partial charge in [0.15, 0.2) is 0 Å². The minimum atomic E-state index is 0.0475. The molecule has 1 amide bonds. The fourth-order valence-electron chi connectivity index (χ4n) is 2.53. The minimum Gasteiger partial charge on any atom is -0.396 e. The molecule has 1 aromatic rings. The zero-order valence-corrected chi connectivity index (χ0v) is 13.8. The number of halogens is 2. The molecule has 19 heavy (non-hydrogen) atoms. The largest absolute Gasteiger partial charge is 0.396 e. The molecule has 0 spiro atoms. The lowest BCUT2D eigenvalue weighted by Crippen LogP contribution is -2.44. The average molecular weight is 391 g/mol. The van der Waals surface area contributed by atoms with Gasteiger partial charge >= 0.3 is 0 Å². The molecule has 0 aromatic heterocycles. The highest BCUT2D eigenvalue weighted by Crippen LogP contribution is 2.27. The summed E-state index contributed by atoms with van der Waals surface area (Å²) in [5, 5.41) is 9.13. The number of benzene rings is 1. The van der Waals surface area contributed by atoms with Gasteiger partial charge in [-0.2, -0.15) is 0 Å². The predicted molar refractivity (Wildman–Crippen MR) is 82.2 cm³/mol. The number of likely N-dealkylation sites (tertiary alicyclic amines) is 1. The fraction of sp³-hybridized carbons (Fsp3) is 0.500. The summed E-state index contributed by atoms with van der Waals surface area (Å²) >= 11 is 6.84. The normalized spacial score (nSPS) is 19.5. The molecule has 3 nitrogen and oxygen atoms in total. The summed E-state index contributed by atoms with van der Waals surface area (Å²) in [6, 6.07) is 5.79. The molecule has 1 aliphatic rings. The van der Waals surface area contributed by atoms with E-state index in [2.05, 4.69) is 31.9 Å². The van der Waals surface area contributed by atoms with Crippen LogP contribution in [0.5, 0.6) is 0 Å². The smallest absolute Gasteiger partial charge is 0.255 e. The molecule has 0 saturated carbocycles. The van der Waals surface area contributed by atoms with E-state index in [0.29, 0.717) is 12.0 Å². The maximum absolute atomic E-state index is 12.7. The Kier molecular flexibility index (Phi) is 5.42. The Bertz CT molecular complexity index is 463. The van der Waals surface area contributed by atoms with Crippen molar-refractivity contribution in [3.63, 3.8) is 0 Å². The first kappa shape index (κ1) is 15.0. The van der Waals surface area contributed by atoms with E-state index >= 15 is 0 Å². The van der Waals surface area contributed by atoms with Gasteiger partial charge in [-0.05, 0) is 59.8 Å². The monoisotopic (exact) mass is 389 g/mol. The maximum atomic E-state index is 12.7. The van der Waals surface area contributed by atoms with Crippen LogP contribution in [0, 0.1) is 0 Å². The Morgan fingerprint density at radius 3 is 2.89 bits per heavy atom. The molecule has 0 aliphatic carbocycles. The Hall–Kier alpha value is -0.390. The first-order valence-corrected chi connectivity index (χ1v) is 8.09. The molecule has 1 unspecified atom stereocenters. The van der Waals surface area contributed by atoms with Gasteiger partial charge in [0.1, 0.15) is 0 Å². The Balaban J connectivity index is 2.23. The molecule has 1 heterocycles. The van der Waals surface area contributed by atoms with Crippen molar-refractivity contribution in [1.82, 2.24) is 4.90 Å². The molecule has 1 saturated heterocycles. The third-order valence-electron chi connectivity index (χ3n) is 3.51. The highest BCUT2D eigenvalue weighted by atomic mass is 79.9. The van der Waals surface area contributed by atoms with Crippen molar-refractivity contribution < 1.29 is 9.90 Å². The number of amides is 1. The highest BCUT2D eigenvalue weighted by Gasteiger charge is 2.28. The molecule has 2 rings (SSSR count). The van der Waals surface area contributed by atoms with E-state index in [4.69, 9.17) is 5.11 Å². The number of aliphatic hydroxyl groups is 1. The summed E-state index contributed by atoms with van der Waals surface area (Å²) in [7, 11) is 0. The first-order chi connectivity index (χ1) is 9.13. The number of nitrogens with zero attached hydrogens (tertiary/aromatic N) is 1. The Labute approximate surface area is 130 Å². The van der Waals surface area contributed by atoms with Gasteiger partial charge in [-0.25, -0.2) is 0 Å². The molecule has 1 fully saturated rings. The summed E-state index contributed by atoms with van der Waals surface area (Å²) in [4.78, 5) is 14.6. The second-order valence-corrected chi connectivity index (χ2v) is 6.55. The van der Waals surface area contributed by atoms with Crippen LogP contribution in [0.15, 0.2) is 27.1 Å². The van der Waals surface area contributed by atoms with E-state index in [1.54, 1.807) is 0 Å². The van der Waals surface area contributed by atoms with E-state index in [9.17, 15) is 4.79 Å². The lowest BCUT2D eigenvalue weighted by Gasteiger charge is -2.35. The second-order valence-electron chi connectivity index (χ2n) is 4.78. The summed E-state index contributed by atoms with van der Waals surface area (Å²) in [5.74, 6) is 0.0475. The van der Waals surface area contributed by atoms with Gasteiger partial charge in [0.25, 0.3) is 5.91 Å². The topological polar surface area (TPSA) is 40.5 Å². The van der Waals surface area contributed by atoms with Crippen molar-refractivity contribution in [1.29, 1.82) is 0 Å². The molecule has 104 valence electrons. The van der Waals surface area contributed by atoms with Crippen LogP contribution in [-0.2, 0) is 0 Å². The van der Waals surface area contributed by atoms with Crippen LogP contribution < -0.4 is 0 Å². The third-order valence-corrected chi connectivity index (χ3v) is 4.69. The number of rotatable bonds is 3. The predicted octanol–water partition coefficient (Wildman–Crippen LogP) is 3.59. The van der Waals surface area contributed by atoms with Crippen molar-refractivity contribution >= 4 is 37.8 Å². The van der Waals surface area contributed by atoms with Gasteiger partial charge in [0.2, 0.25) is 0 Å². The molecule has 1 atom stereocenters. The number of carbonyl (C=O) groups excluding carboxylic acids is 1. The standard InChI is InChI=1S/C14H17Br2NO2/c15-10-4-5-13(16)12(9-10)14(19)17-7-2-1-3-11(17)6-8-18/h4-5,9,11,18H,1-3,6-8H2. The molecule has 5 heteroatoms. The van der Waals surface area contributed by atoms with Crippen LogP contribution in [0.2, 0.25) is 0 Å². The van der Waals surface area contributed by atoms with E-state index in [1.807, 2.05) is 23.1 Å². The molecule has 0 bridgehead atoms. The SMILES string of the molecule is O=C(c1cc(Br)ccc1Br)N1CCCCC1CCO. The molecule has 0 radical (unpaired) electrons. The highest BCUT2D eigenvalue weighted by molar-refractivity contribution is 9.11. The van der Waals surface area contributed by atoms with Crippen LogP contribution in [0.4, 0.5) is 0 Å². The second kappa shape index (κ2) is 6.86. The minimum absolute atomic E-state index is 0.0475. The lowest BCUT2D eigenvalue weighted by molar-refractivity contribution is 0.0573. The van der Waals surface area contributed by atoms with E-state index < -0.39 is 0 Å². The summed E-state index contributed by atoms with van der Waals surface area (Å²) < 4.78 is 1.71. The number of aliphatic hydroxyl groups excluding tert-OH is 1.